The highest BCUT2D eigenvalue weighted by atomic mass is 35.5. The molecule has 1 aromatic heterocycles. The Morgan fingerprint density at radius 1 is 1.67 bits per heavy atom. The van der Waals surface area contributed by atoms with Crippen LogP contribution >= 0.6 is 22.9 Å². The second kappa shape index (κ2) is 5.99. The van der Waals surface area contributed by atoms with E-state index in [1.807, 2.05) is 6.92 Å². The Bertz CT molecular complexity index is 331. The van der Waals surface area contributed by atoms with Gasteiger partial charge in [-0.1, -0.05) is 18.3 Å². The summed E-state index contributed by atoms with van der Waals surface area (Å²) in [6, 6.07) is -0.00910. The molecule has 1 amide bonds. The summed E-state index contributed by atoms with van der Waals surface area (Å²) in [6.07, 6.45) is 0.798. The van der Waals surface area contributed by atoms with Gasteiger partial charge in [-0.3, -0.25) is 4.79 Å². The molecule has 1 heterocycles. The molecule has 84 valence electrons. The molecule has 0 aliphatic rings. The Labute approximate surface area is 96.8 Å². The third-order valence-electron chi connectivity index (χ3n) is 1.79. The van der Waals surface area contributed by atoms with Crippen molar-refractivity contribution < 1.29 is 9.53 Å². The van der Waals surface area contributed by atoms with Gasteiger partial charge in [-0.25, -0.2) is 0 Å². The van der Waals surface area contributed by atoms with Gasteiger partial charge in [0.25, 0.3) is 5.91 Å². The van der Waals surface area contributed by atoms with Crippen LogP contribution in [0.15, 0.2) is 0 Å². The number of nitrogens with one attached hydrogen (secondary N) is 1. The Morgan fingerprint density at radius 2 is 2.40 bits per heavy atom. The highest BCUT2D eigenvalue weighted by Crippen LogP contribution is 2.14. The summed E-state index contributed by atoms with van der Waals surface area (Å²) in [6.45, 7) is 2.45. The first-order chi connectivity index (χ1) is 7.17. The van der Waals surface area contributed by atoms with Crippen molar-refractivity contribution in [1.29, 1.82) is 0 Å². The van der Waals surface area contributed by atoms with Crippen molar-refractivity contribution in [3.63, 3.8) is 0 Å². The lowest BCUT2D eigenvalue weighted by molar-refractivity contribution is 0.0893. The van der Waals surface area contributed by atoms with Crippen LogP contribution in [0.3, 0.4) is 0 Å². The molecule has 1 aromatic rings. The third-order valence-corrected chi connectivity index (χ3v) is 2.81. The number of ether oxygens (including phenoxy) is 1. The molecule has 0 aliphatic carbocycles. The molecule has 1 N–H and O–H groups in total. The summed E-state index contributed by atoms with van der Waals surface area (Å²) >= 11 is 6.63. The van der Waals surface area contributed by atoms with E-state index in [0.29, 0.717) is 6.61 Å². The second-order valence-electron chi connectivity index (χ2n) is 2.89. The van der Waals surface area contributed by atoms with Gasteiger partial charge in [0.05, 0.1) is 12.6 Å². The van der Waals surface area contributed by atoms with E-state index in [-0.39, 0.29) is 21.4 Å². The summed E-state index contributed by atoms with van der Waals surface area (Å²) in [4.78, 5) is 11.6. The van der Waals surface area contributed by atoms with Crippen molar-refractivity contribution >= 4 is 28.8 Å². The van der Waals surface area contributed by atoms with Crippen molar-refractivity contribution in [1.82, 2.24) is 15.5 Å². The second-order valence-corrected chi connectivity index (χ2v) is 4.45. The number of nitrogens with zero attached hydrogens (tertiary/aromatic N) is 2. The van der Waals surface area contributed by atoms with E-state index in [9.17, 15) is 4.79 Å². The smallest absolute Gasteiger partial charge is 0.282 e. The van der Waals surface area contributed by atoms with Crippen LogP contribution in [0.4, 0.5) is 0 Å². The van der Waals surface area contributed by atoms with Crippen LogP contribution in [0, 0.1) is 0 Å². The SMILES string of the molecule is CCC(COC)NC(=O)c1nnc(Cl)s1. The number of rotatable bonds is 5. The molecular formula is C8H12ClN3O2S. The molecule has 0 saturated carbocycles. The average Bonchev–Trinajstić information content (AvgIpc) is 2.64. The highest BCUT2D eigenvalue weighted by Gasteiger charge is 2.15. The number of carbonyl (C=O) groups excluding carboxylic acids is 1. The predicted octanol–water partition coefficient (Wildman–Crippen LogP) is 1.35. The first kappa shape index (κ1) is 12.4. The van der Waals surface area contributed by atoms with Crippen LogP contribution in [0.1, 0.15) is 23.1 Å². The van der Waals surface area contributed by atoms with Gasteiger partial charge in [-0.15, -0.1) is 10.2 Å². The first-order valence-electron chi connectivity index (χ1n) is 4.46. The average molecular weight is 250 g/mol. The van der Waals surface area contributed by atoms with Crippen LogP contribution in [0.2, 0.25) is 4.47 Å². The van der Waals surface area contributed by atoms with Crippen molar-refractivity contribution in [2.24, 2.45) is 0 Å². The number of hydrogen-bond acceptors (Lipinski definition) is 5. The van der Waals surface area contributed by atoms with E-state index < -0.39 is 0 Å². The minimum absolute atomic E-state index is 0.00910. The summed E-state index contributed by atoms with van der Waals surface area (Å²) in [5.74, 6) is -0.261. The van der Waals surface area contributed by atoms with E-state index in [1.54, 1.807) is 7.11 Å². The van der Waals surface area contributed by atoms with Crippen molar-refractivity contribution in [2.75, 3.05) is 13.7 Å². The van der Waals surface area contributed by atoms with Gasteiger partial charge in [-0.05, 0) is 18.0 Å². The van der Waals surface area contributed by atoms with Gasteiger partial charge in [0, 0.05) is 7.11 Å². The van der Waals surface area contributed by atoms with Gasteiger partial charge in [0.2, 0.25) is 9.47 Å². The molecule has 0 saturated heterocycles. The molecule has 0 aliphatic heterocycles. The fourth-order valence-electron chi connectivity index (χ4n) is 1.01. The van der Waals surface area contributed by atoms with Gasteiger partial charge in [0.15, 0.2) is 0 Å². The molecule has 0 spiro atoms. The van der Waals surface area contributed by atoms with Gasteiger partial charge in [0.1, 0.15) is 0 Å². The summed E-state index contributed by atoms with van der Waals surface area (Å²) < 4.78 is 5.23. The zero-order valence-corrected chi connectivity index (χ0v) is 10.1. The Hall–Kier alpha value is -0.720. The van der Waals surface area contributed by atoms with Gasteiger partial charge >= 0.3 is 0 Å². The van der Waals surface area contributed by atoms with E-state index in [2.05, 4.69) is 15.5 Å². The molecule has 5 nitrogen and oxygen atoms in total. The van der Waals surface area contributed by atoms with Crippen molar-refractivity contribution in [3.05, 3.63) is 9.47 Å². The maximum atomic E-state index is 11.6. The number of carbonyl (C=O) groups is 1. The first-order valence-corrected chi connectivity index (χ1v) is 5.65. The molecule has 1 atom stereocenters. The lowest BCUT2D eigenvalue weighted by Gasteiger charge is -2.14. The maximum Gasteiger partial charge on any atom is 0.282 e. The summed E-state index contributed by atoms with van der Waals surface area (Å²) in [5.41, 5.74) is 0. The third kappa shape index (κ3) is 3.73. The molecular weight excluding hydrogens is 238 g/mol. The largest absolute Gasteiger partial charge is 0.383 e. The van der Waals surface area contributed by atoms with Crippen LogP contribution in [0.5, 0.6) is 0 Å². The number of amides is 1. The molecule has 1 rings (SSSR count). The quantitative estimate of drug-likeness (QED) is 0.856. The monoisotopic (exact) mass is 249 g/mol. The topological polar surface area (TPSA) is 64.1 Å². The van der Waals surface area contributed by atoms with Gasteiger partial charge in [-0.2, -0.15) is 0 Å². The fraction of sp³-hybridized carbons (Fsp3) is 0.625. The molecule has 0 aromatic carbocycles. The molecule has 0 radical (unpaired) electrons. The standard InChI is InChI=1S/C8H12ClN3O2S/c1-3-5(4-14-2)10-6(13)7-11-12-8(9)15-7/h5H,3-4H2,1-2H3,(H,10,13). The minimum Gasteiger partial charge on any atom is -0.383 e. The van der Waals surface area contributed by atoms with Crippen molar-refractivity contribution in [3.8, 4) is 0 Å². The molecule has 0 bridgehead atoms. The van der Waals surface area contributed by atoms with Gasteiger partial charge < -0.3 is 10.1 Å². The number of hydrogen-bond donors (Lipinski definition) is 1. The molecule has 1 unspecified atom stereocenters. The zero-order chi connectivity index (χ0) is 11.3. The van der Waals surface area contributed by atoms with Crippen LogP contribution in [-0.2, 0) is 4.74 Å². The van der Waals surface area contributed by atoms with Crippen LogP contribution in [-0.4, -0.2) is 35.9 Å². The number of methoxy groups -OCH3 is 1. The normalized spacial score (nSPS) is 12.5. The Balaban J connectivity index is 2.54. The number of aromatic nitrogens is 2. The maximum absolute atomic E-state index is 11.6. The minimum atomic E-state index is -0.261. The molecule has 15 heavy (non-hydrogen) atoms. The predicted molar refractivity (Wildman–Crippen MR) is 58.3 cm³/mol. The number of halogens is 1. The Kier molecular flexibility index (Phi) is 4.93. The highest BCUT2D eigenvalue weighted by molar-refractivity contribution is 7.17. The Morgan fingerprint density at radius 3 is 2.87 bits per heavy atom. The summed E-state index contributed by atoms with van der Waals surface area (Å²) in [7, 11) is 1.59. The van der Waals surface area contributed by atoms with Crippen molar-refractivity contribution in [2.45, 2.75) is 19.4 Å². The van der Waals surface area contributed by atoms with E-state index in [4.69, 9.17) is 16.3 Å². The lowest BCUT2D eigenvalue weighted by atomic mass is 10.2. The van der Waals surface area contributed by atoms with Crippen LogP contribution in [0.25, 0.3) is 0 Å². The lowest BCUT2D eigenvalue weighted by Crippen LogP contribution is -2.37. The zero-order valence-electron chi connectivity index (χ0n) is 8.49. The van der Waals surface area contributed by atoms with E-state index >= 15 is 0 Å². The fourth-order valence-corrected chi connectivity index (χ4v) is 1.74. The van der Waals surface area contributed by atoms with Crippen LogP contribution < -0.4 is 5.32 Å². The van der Waals surface area contributed by atoms with E-state index in [0.717, 1.165) is 17.8 Å². The van der Waals surface area contributed by atoms with E-state index in [1.165, 1.54) is 0 Å². The summed E-state index contributed by atoms with van der Waals surface area (Å²) in [5, 5.41) is 10.3. The molecule has 0 fully saturated rings. The molecule has 7 heteroatoms.